The molecular weight excluding hydrogens is 288 g/mol. The molecule has 1 aromatic heterocycles. The fraction of sp³-hybridized carbons (Fsp3) is 0.684. The van der Waals surface area contributed by atoms with E-state index in [9.17, 15) is 4.79 Å². The zero-order chi connectivity index (χ0) is 16.6. The van der Waals surface area contributed by atoms with Crippen molar-refractivity contribution in [1.29, 1.82) is 0 Å². The van der Waals surface area contributed by atoms with Gasteiger partial charge in [0.1, 0.15) is 5.76 Å². The molecule has 0 unspecified atom stereocenters. The monoisotopic (exact) mass is 320 g/mol. The van der Waals surface area contributed by atoms with Crippen LogP contribution in [0.1, 0.15) is 89.7 Å². The summed E-state index contributed by atoms with van der Waals surface area (Å²) in [5.41, 5.74) is 2.53. The third kappa shape index (κ3) is 11.6. The number of nitrogens with zero attached hydrogens (tertiary/aromatic N) is 1. The van der Waals surface area contributed by atoms with E-state index in [-0.39, 0.29) is 5.91 Å². The molecule has 0 aliphatic heterocycles. The summed E-state index contributed by atoms with van der Waals surface area (Å²) in [4.78, 5) is 11.6. The average molecular weight is 320 g/mol. The Bertz CT molecular complexity index is 413. The molecule has 0 radical (unpaired) electrons. The van der Waals surface area contributed by atoms with Crippen LogP contribution in [0.5, 0.6) is 0 Å². The number of rotatable bonds is 14. The molecule has 0 atom stereocenters. The van der Waals surface area contributed by atoms with Crippen molar-refractivity contribution in [3.8, 4) is 0 Å². The molecule has 1 N–H and O–H groups in total. The molecule has 0 aliphatic carbocycles. The molecule has 130 valence electrons. The van der Waals surface area contributed by atoms with Crippen LogP contribution in [0.25, 0.3) is 0 Å². The maximum Gasteiger partial charge on any atom is 0.240 e. The normalized spacial score (nSPS) is 11.2. The van der Waals surface area contributed by atoms with Gasteiger partial charge in [0.25, 0.3) is 0 Å². The van der Waals surface area contributed by atoms with E-state index >= 15 is 0 Å². The van der Waals surface area contributed by atoms with Gasteiger partial charge in [-0.05, 0) is 18.6 Å². The molecule has 0 saturated heterocycles. The van der Waals surface area contributed by atoms with Crippen LogP contribution in [0.15, 0.2) is 27.9 Å². The highest BCUT2D eigenvalue weighted by Gasteiger charge is 1.99. The second-order valence-corrected chi connectivity index (χ2v) is 6.09. The molecule has 1 aromatic rings. The molecule has 4 nitrogen and oxygen atoms in total. The van der Waals surface area contributed by atoms with E-state index in [1.807, 2.05) is 0 Å². The van der Waals surface area contributed by atoms with Gasteiger partial charge in [0.2, 0.25) is 5.91 Å². The second kappa shape index (κ2) is 14.0. The van der Waals surface area contributed by atoms with Gasteiger partial charge in [0.05, 0.1) is 12.5 Å². The van der Waals surface area contributed by atoms with Crippen molar-refractivity contribution in [2.45, 2.75) is 84.0 Å². The summed E-state index contributed by atoms with van der Waals surface area (Å²) in [5, 5.41) is 3.87. The van der Waals surface area contributed by atoms with Crippen LogP contribution in [-0.4, -0.2) is 12.1 Å². The summed E-state index contributed by atoms with van der Waals surface area (Å²) in [7, 11) is 0. The van der Waals surface area contributed by atoms with E-state index < -0.39 is 0 Å². The van der Waals surface area contributed by atoms with Gasteiger partial charge in [-0.1, -0.05) is 71.1 Å². The Morgan fingerprint density at radius 1 is 1.04 bits per heavy atom. The molecule has 0 aliphatic rings. The Morgan fingerprint density at radius 2 is 1.65 bits per heavy atom. The first-order valence-electron chi connectivity index (χ1n) is 9.18. The number of carbonyl (C=O) groups excluding carboxylic acids is 1. The van der Waals surface area contributed by atoms with Crippen molar-refractivity contribution in [2.24, 2.45) is 5.10 Å². The maximum absolute atomic E-state index is 11.6. The van der Waals surface area contributed by atoms with Crippen LogP contribution in [0.2, 0.25) is 0 Å². The minimum Gasteiger partial charge on any atom is -0.463 e. The van der Waals surface area contributed by atoms with Gasteiger partial charge in [0.15, 0.2) is 0 Å². The van der Waals surface area contributed by atoms with E-state index in [1.165, 1.54) is 64.0 Å². The Labute approximate surface area is 140 Å². The van der Waals surface area contributed by atoms with Gasteiger partial charge in [-0.25, -0.2) is 5.43 Å². The summed E-state index contributed by atoms with van der Waals surface area (Å²) in [6, 6.07) is 3.58. The lowest BCUT2D eigenvalue weighted by atomic mass is 10.1. The zero-order valence-corrected chi connectivity index (χ0v) is 14.6. The van der Waals surface area contributed by atoms with Crippen LogP contribution in [-0.2, 0) is 4.79 Å². The van der Waals surface area contributed by atoms with Gasteiger partial charge < -0.3 is 4.42 Å². The van der Waals surface area contributed by atoms with E-state index in [0.29, 0.717) is 12.2 Å². The number of furan rings is 1. The topological polar surface area (TPSA) is 54.6 Å². The van der Waals surface area contributed by atoms with Crippen molar-refractivity contribution in [2.75, 3.05) is 0 Å². The van der Waals surface area contributed by atoms with Crippen LogP contribution < -0.4 is 5.43 Å². The van der Waals surface area contributed by atoms with Gasteiger partial charge >= 0.3 is 0 Å². The van der Waals surface area contributed by atoms with Gasteiger partial charge in [-0.15, -0.1) is 0 Å². The number of unbranched alkanes of at least 4 members (excludes halogenated alkanes) is 10. The molecule has 0 fully saturated rings. The zero-order valence-electron chi connectivity index (χ0n) is 14.6. The summed E-state index contributed by atoms with van der Waals surface area (Å²) >= 11 is 0. The lowest BCUT2D eigenvalue weighted by molar-refractivity contribution is -0.121. The number of nitrogens with one attached hydrogen (secondary N) is 1. The minimum absolute atomic E-state index is 0.0243. The number of hydrazone groups is 1. The number of amides is 1. The highest BCUT2D eigenvalue weighted by atomic mass is 16.3. The van der Waals surface area contributed by atoms with Crippen LogP contribution in [0.3, 0.4) is 0 Å². The standard InChI is InChI=1S/C19H32N2O2/c1-2-3-4-5-6-7-8-9-10-11-12-15-19(22)21-20-17-18-14-13-16-23-18/h13-14,16-17H,2-12,15H2,1H3,(H,21,22)/b20-17+. The fourth-order valence-corrected chi connectivity index (χ4v) is 2.54. The third-order valence-electron chi connectivity index (χ3n) is 3.93. The summed E-state index contributed by atoms with van der Waals surface area (Å²) < 4.78 is 5.09. The molecule has 23 heavy (non-hydrogen) atoms. The van der Waals surface area contributed by atoms with Gasteiger partial charge in [-0.3, -0.25) is 4.79 Å². The van der Waals surface area contributed by atoms with Crippen molar-refractivity contribution in [3.05, 3.63) is 24.2 Å². The first-order valence-corrected chi connectivity index (χ1v) is 9.18. The first-order chi connectivity index (χ1) is 11.3. The van der Waals surface area contributed by atoms with Crippen molar-refractivity contribution < 1.29 is 9.21 Å². The van der Waals surface area contributed by atoms with Crippen molar-refractivity contribution in [3.63, 3.8) is 0 Å². The lowest BCUT2D eigenvalue weighted by Gasteiger charge is -2.02. The van der Waals surface area contributed by atoms with Crippen LogP contribution in [0, 0.1) is 0 Å². The van der Waals surface area contributed by atoms with Crippen LogP contribution >= 0.6 is 0 Å². The van der Waals surface area contributed by atoms with Crippen molar-refractivity contribution >= 4 is 12.1 Å². The third-order valence-corrected chi connectivity index (χ3v) is 3.93. The maximum atomic E-state index is 11.6. The number of hydrogen-bond acceptors (Lipinski definition) is 3. The lowest BCUT2D eigenvalue weighted by Crippen LogP contribution is -2.16. The summed E-state index contributed by atoms with van der Waals surface area (Å²) in [5.74, 6) is 0.615. The average Bonchev–Trinajstić information content (AvgIpc) is 3.06. The molecule has 0 saturated carbocycles. The Hall–Kier alpha value is -1.58. The SMILES string of the molecule is CCCCCCCCCCCCCC(=O)N/N=C/c1ccco1. The molecule has 0 aromatic carbocycles. The summed E-state index contributed by atoms with van der Waals surface area (Å²) in [6.45, 7) is 2.26. The Morgan fingerprint density at radius 3 is 2.22 bits per heavy atom. The van der Waals surface area contributed by atoms with Crippen LogP contribution in [0.4, 0.5) is 0 Å². The predicted octanol–water partition coefficient (Wildman–Crippen LogP) is 5.43. The molecule has 1 rings (SSSR count). The molecule has 0 bridgehead atoms. The molecular formula is C19H32N2O2. The van der Waals surface area contributed by atoms with Gasteiger partial charge in [-0.2, -0.15) is 5.10 Å². The summed E-state index contributed by atoms with van der Waals surface area (Å²) in [6.07, 6.45) is 17.8. The van der Waals surface area contributed by atoms with E-state index in [0.717, 1.165) is 12.8 Å². The van der Waals surface area contributed by atoms with Gasteiger partial charge in [0, 0.05) is 6.42 Å². The first kappa shape index (κ1) is 19.5. The molecule has 4 heteroatoms. The molecule has 1 amide bonds. The largest absolute Gasteiger partial charge is 0.463 e. The van der Waals surface area contributed by atoms with Crippen molar-refractivity contribution in [1.82, 2.24) is 5.43 Å². The Balaban J connectivity index is 1.84. The predicted molar refractivity (Wildman–Crippen MR) is 95.5 cm³/mol. The highest BCUT2D eigenvalue weighted by molar-refractivity contribution is 5.80. The number of carbonyl (C=O) groups is 1. The number of hydrogen-bond donors (Lipinski definition) is 1. The Kier molecular flexibility index (Phi) is 11.9. The fourth-order valence-electron chi connectivity index (χ4n) is 2.54. The second-order valence-electron chi connectivity index (χ2n) is 6.09. The van der Waals surface area contributed by atoms with E-state index in [2.05, 4.69) is 17.5 Å². The van der Waals surface area contributed by atoms with E-state index in [1.54, 1.807) is 18.4 Å². The smallest absolute Gasteiger partial charge is 0.240 e. The molecule has 0 spiro atoms. The highest BCUT2D eigenvalue weighted by Crippen LogP contribution is 2.11. The minimum atomic E-state index is -0.0243. The van der Waals surface area contributed by atoms with E-state index in [4.69, 9.17) is 4.42 Å². The quantitative estimate of drug-likeness (QED) is 0.282. The molecule has 1 heterocycles.